The van der Waals surface area contributed by atoms with Crippen LogP contribution in [0.3, 0.4) is 0 Å². The highest BCUT2D eigenvalue weighted by Crippen LogP contribution is 2.34. The smallest absolute Gasteiger partial charge is 0.119 e. The number of aliphatic imine (C=N–C) groups is 1. The van der Waals surface area contributed by atoms with Gasteiger partial charge >= 0.3 is 0 Å². The van der Waals surface area contributed by atoms with Gasteiger partial charge in [0.05, 0.1) is 0 Å². The Labute approximate surface area is 70.8 Å². The van der Waals surface area contributed by atoms with Gasteiger partial charge in [-0.2, -0.15) is 0 Å². The van der Waals surface area contributed by atoms with Crippen LogP contribution in [0.5, 0.6) is 0 Å². The summed E-state index contributed by atoms with van der Waals surface area (Å²) >= 11 is 1.79. The van der Waals surface area contributed by atoms with Crippen molar-refractivity contribution in [3.63, 3.8) is 0 Å². The van der Waals surface area contributed by atoms with E-state index in [4.69, 9.17) is 0 Å². The summed E-state index contributed by atoms with van der Waals surface area (Å²) in [5.41, 5.74) is 1.43. The van der Waals surface area contributed by atoms with Crippen molar-refractivity contribution in [1.82, 2.24) is 0 Å². The molecule has 0 saturated heterocycles. The third-order valence-corrected chi connectivity index (χ3v) is 2.90. The van der Waals surface area contributed by atoms with E-state index >= 15 is 0 Å². The van der Waals surface area contributed by atoms with Crippen LogP contribution >= 0.6 is 11.3 Å². The van der Waals surface area contributed by atoms with Gasteiger partial charge in [0.2, 0.25) is 0 Å². The number of rotatable bonds is 0. The average Bonchev–Trinajstić information content (AvgIpc) is 2.27. The van der Waals surface area contributed by atoms with Crippen LogP contribution in [0.25, 0.3) is 0 Å². The zero-order valence-electron chi connectivity index (χ0n) is 6.79. The lowest BCUT2D eigenvalue weighted by molar-refractivity contribution is 0.775. The maximum Gasteiger partial charge on any atom is 0.119 e. The fourth-order valence-electron chi connectivity index (χ4n) is 1.40. The van der Waals surface area contributed by atoms with Crippen molar-refractivity contribution in [2.75, 3.05) is 0 Å². The van der Waals surface area contributed by atoms with Crippen molar-refractivity contribution in [2.45, 2.75) is 20.3 Å². The highest BCUT2D eigenvalue weighted by molar-refractivity contribution is 7.16. The van der Waals surface area contributed by atoms with Crippen LogP contribution in [0, 0.1) is 12.8 Å². The molecule has 1 unspecified atom stereocenters. The molecule has 1 atom stereocenters. The van der Waals surface area contributed by atoms with Crippen LogP contribution in [0.2, 0.25) is 0 Å². The minimum Gasteiger partial charge on any atom is -0.250 e. The number of aryl methyl sites for hydroxylation is 1. The van der Waals surface area contributed by atoms with Gasteiger partial charge in [-0.3, -0.25) is 0 Å². The average molecular weight is 165 g/mol. The largest absolute Gasteiger partial charge is 0.250 e. The fourth-order valence-corrected chi connectivity index (χ4v) is 2.30. The molecular formula is C9H11NS. The molecule has 2 rings (SSSR count). The molecule has 1 nitrogen and oxygen atoms in total. The van der Waals surface area contributed by atoms with Crippen molar-refractivity contribution in [2.24, 2.45) is 10.9 Å². The molecular weight excluding hydrogens is 154 g/mol. The van der Waals surface area contributed by atoms with E-state index in [9.17, 15) is 0 Å². The molecule has 1 aliphatic rings. The van der Waals surface area contributed by atoms with Crippen molar-refractivity contribution in [3.8, 4) is 0 Å². The highest BCUT2D eigenvalue weighted by Gasteiger charge is 2.12. The minimum atomic E-state index is 0.622. The zero-order chi connectivity index (χ0) is 7.84. The molecule has 0 amide bonds. The molecule has 0 N–H and O–H groups in total. The molecule has 58 valence electrons. The summed E-state index contributed by atoms with van der Waals surface area (Å²) < 4.78 is 0. The van der Waals surface area contributed by atoms with Crippen LogP contribution in [0.4, 0.5) is 5.00 Å². The van der Waals surface area contributed by atoms with Gasteiger partial charge in [0.1, 0.15) is 5.00 Å². The Kier molecular flexibility index (Phi) is 1.57. The highest BCUT2D eigenvalue weighted by atomic mass is 32.1. The second-order valence-corrected chi connectivity index (χ2v) is 4.38. The Bertz CT molecular complexity index is 299. The molecule has 11 heavy (non-hydrogen) atoms. The van der Waals surface area contributed by atoms with Crippen molar-refractivity contribution in [1.29, 1.82) is 0 Å². The molecule has 1 aromatic heterocycles. The van der Waals surface area contributed by atoms with Crippen LogP contribution in [-0.2, 0) is 6.42 Å². The predicted octanol–water partition coefficient (Wildman–Crippen LogP) is 2.95. The minimum absolute atomic E-state index is 0.622. The summed E-state index contributed by atoms with van der Waals surface area (Å²) in [7, 11) is 0. The monoisotopic (exact) mass is 165 g/mol. The van der Waals surface area contributed by atoms with E-state index in [1.54, 1.807) is 11.3 Å². The predicted molar refractivity (Wildman–Crippen MR) is 50.1 cm³/mol. The normalized spacial score (nSPS) is 21.8. The Morgan fingerprint density at radius 1 is 1.64 bits per heavy atom. The summed E-state index contributed by atoms with van der Waals surface area (Å²) in [6.07, 6.45) is 3.22. The quantitative estimate of drug-likeness (QED) is 0.560. The zero-order valence-corrected chi connectivity index (χ0v) is 7.61. The van der Waals surface area contributed by atoms with Gasteiger partial charge in [-0.25, -0.2) is 4.99 Å². The van der Waals surface area contributed by atoms with Gasteiger partial charge < -0.3 is 0 Å². The summed E-state index contributed by atoms with van der Waals surface area (Å²) in [5.74, 6) is 0.622. The van der Waals surface area contributed by atoms with E-state index in [0.717, 1.165) is 0 Å². The Morgan fingerprint density at radius 3 is 3.27 bits per heavy atom. The molecule has 1 aliphatic heterocycles. The summed E-state index contributed by atoms with van der Waals surface area (Å²) in [4.78, 5) is 5.76. The molecule has 0 radical (unpaired) electrons. The maximum atomic E-state index is 4.39. The second-order valence-electron chi connectivity index (χ2n) is 3.15. The Balaban J connectivity index is 2.44. The van der Waals surface area contributed by atoms with Crippen molar-refractivity contribution in [3.05, 3.63) is 16.5 Å². The first-order chi connectivity index (χ1) is 5.25. The first kappa shape index (κ1) is 7.04. The van der Waals surface area contributed by atoms with E-state index in [1.807, 2.05) is 0 Å². The Morgan fingerprint density at radius 2 is 2.45 bits per heavy atom. The molecule has 2 heterocycles. The first-order valence-corrected chi connectivity index (χ1v) is 4.71. The number of fused-ring (bicyclic) bond motifs is 1. The summed E-state index contributed by atoms with van der Waals surface area (Å²) in [5, 5.41) is 1.22. The lowest BCUT2D eigenvalue weighted by Crippen LogP contribution is -2.03. The number of hydrogen-bond acceptors (Lipinski definition) is 2. The molecule has 2 heteroatoms. The summed E-state index contributed by atoms with van der Waals surface area (Å²) in [6, 6.07) is 2.26. The van der Waals surface area contributed by atoms with Gasteiger partial charge in [-0.05, 0) is 30.9 Å². The van der Waals surface area contributed by atoms with Gasteiger partial charge in [-0.15, -0.1) is 11.3 Å². The standard InChI is InChI=1S/C9H11NS/c1-6-3-8-4-7(2)11-9(8)10-5-6/h4-6H,3H2,1-2H3. The van der Waals surface area contributed by atoms with Gasteiger partial charge in [0.25, 0.3) is 0 Å². The molecule has 1 aromatic rings. The lowest BCUT2D eigenvalue weighted by Gasteiger charge is -2.09. The second kappa shape index (κ2) is 2.45. The SMILES string of the molecule is Cc1cc2c(s1)N=CC(C)C2. The van der Waals surface area contributed by atoms with Crippen LogP contribution in [0.1, 0.15) is 17.4 Å². The molecule has 0 spiro atoms. The summed E-state index contributed by atoms with van der Waals surface area (Å²) in [6.45, 7) is 4.35. The third-order valence-electron chi connectivity index (χ3n) is 1.90. The van der Waals surface area contributed by atoms with Gasteiger partial charge in [0.15, 0.2) is 0 Å². The number of hydrogen-bond donors (Lipinski definition) is 0. The van der Waals surface area contributed by atoms with Crippen molar-refractivity contribution >= 4 is 22.6 Å². The van der Waals surface area contributed by atoms with Crippen molar-refractivity contribution < 1.29 is 0 Å². The molecule has 0 fully saturated rings. The van der Waals surface area contributed by atoms with E-state index in [2.05, 4.69) is 31.1 Å². The van der Waals surface area contributed by atoms with Crippen LogP contribution < -0.4 is 0 Å². The molecule has 0 aromatic carbocycles. The van der Waals surface area contributed by atoms with Gasteiger partial charge in [-0.1, -0.05) is 6.92 Å². The topological polar surface area (TPSA) is 12.4 Å². The third kappa shape index (κ3) is 1.23. The van der Waals surface area contributed by atoms with E-state index in [0.29, 0.717) is 5.92 Å². The van der Waals surface area contributed by atoms with E-state index in [1.165, 1.54) is 21.9 Å². The molecule has 0 saturated carbocycles. The van der Waals surface area contributed by atoms with E-state index < -0.39 is 0 Å². The first-order valence-electron chi connectivity index (χ1n) is 3.89. The maximum absolute atomic E-state index is 4.39. The van der Waals surface area contributed by atoms with Gasteiger partial charge in [0, 0.05) is 11.1 Å². The van der Waals surface area contributed by atoms with E-state index in [-0.39, 0.29) is 0 Å². The lowest BCUT2D eigenvalue weighted by atomic mass is 10.0. The number of nitrogens with zero attached hydrogens (tertiary/aromatic N) is 1. The molecule has 0 aliphatic carbocycles. The van der Waals surface area contributed by atoms with Crippen LogP contribution in [-0.4, -0.2) is 6.21 Å². The fraction of sp³-hybridized carbons (Fsp3) is 0.444. The number of thiophene rings is 1. The molecule has 0 bridgehead atoms. The van der Waals surface area contributed by atoms with Crippen LogP contribution in [0.15, 0.2) is 11.1 Å². The Hall–Kier alpha value is -0.630.